The van der Waals surface area contributed by atoms with Gasteiger partial charge >= 0.3 is 6.18 Å². The van der Waals surface area contributed by atoms with E-state index in [1.165, 1.54) is 0 Å². The van der Waals surface area contributed by atoms with E-state index < -0.39 is 22.7 Å². The first-order valence-electron chi connectivity index (χ1n) is 6.61. The van der Waals surface area contributed by atoms with Gasteiger partial charge in [0.25, 0.3) is 5.91 Å². The molecule has 0 spiro atoms. The maximum Gasteiger partial charge on any atom is 0.417 e. The number of nitrogens with zero attached hydrogens (tertiary/aromatic N) is 1. The molecule has 3 rings (SSSR count). The van der Waals surface area contributed by atoms with Gasteiger partial charge in [0.05, 0.1) is 10.6 Å². The highest BCUT2D eigenvalue weighted by Crippen LogP contribution is 2.35. The lowest BCUT2D eigenvalue weighted by Crippen LogP contribution is -2.44. The van der Waals surface area contributed by atoms with Crippen molar-refractivity contribution < 1.29 is 18.0 Å². The van der Waals surface area contributed by atoms with E-state index in [2.05, 4.69) is 15.6 Å². The number of carbonyl (C=O) groups excluding carboxylic acids is 1. The van der Waals surface area contributed by atoms with E-state index in [0.29, 0.717) is 18.0 Å². The Hall–Kier alpha value is -1.34. The number of alkyl halides is 3. The Bertz CT molecular complexity index is 578. The van der Waals surface area contributed by atoms with Crippen molar-refractivity contribution in [3.05, 3.63) is 28.5 Å². The van der Waals surface area contributed by atoms with Gasteiger partial charge in [-0.25, -0.2) is 4.98 Å². The molecule has 1 aliphatic heterocycles. The highest BCUT2D eigenvalue weighted by Gasteiger charge is 2.40. The molecular formula is C13H13ClF3N3O. The summed E-state index contributed by atoms with van der Waals surface area (Å²) in [5.41, 5.74) is -1.30. The zero-order valence-electron chi connectivity index (χ0n) is 10.9. The van der Waals surface area contributed by atoms with Gasteiger partial charge in [0, 0.05) is 24.8 Å². The minimum absolute atomic E-state index is 0.00411. The minimum Gasteiger partial charge on any atom is -0.348 e. The highest BCUT2D eigenvalue weighted by atomic mass is 35.5. The lowest BCUT2D eigenvalue weighted by atomic mass is 10.0. The fraction of sp³-hybridized carbons (Fsp3) is 0.538. The number of hydrogen-bond acceptors (Lipinski definition) is 3. The van der Waals surface area contributed by atoms with Crippen molar-refractivity contribution in [2.24, 2.45) is 5.92 Å². The summed E-state index contributed by atoms with van der Waals surface area (Å²) in [7, 11) is 0. The molecule has 2 fully saturated rings. The van der Waals surface area contributed by atoms with E-state index in [0.717, 1.165) is 25.6 Å². The molecule has 1 aliphatic carbocycles. The van der Waals surface area contributed by atoms with E-state index in [-0.39, 0.29) is 11.7 Å². The number of pyridine rings is 1. The van der Waals surface area contributed by atoms with Crippen LogP contribution in [0.2, 0.25) is 5.02 Å². The molecule has 2 aliphatic rings. The maximum atomic E-state index is 12.8. The summed E-state index contributed by atoms with van der Waals surface area (Å²) >= 11 is 5.48. The van der Waals surface area contributed by atoms with E-state index in [1.54, 1.807) is 0 Å². The number of nitrogens with one attached hydrogen (secondary N) is 2. The average molecular weight is 320 g/mol. The zero-order valence-corrected chi connectivity index (χ0v) is 11.6. The Morgan fingerprint density at radius 1 is 1.43 bits per heavy atom. The van der Waals surface area contributed by atoms with Gasteiger partial charge in [0.1, 0.15) is 5.69 Å². The number of fused-ring (bicyclic) bond motifs is 2. The molecular weight excluding hydrogens is 307 g/mol. The van der Waals surface area contributed by atoms with Gasteiger partial charge in [-0.2, -0.15) is 13.2 Å². The van der Waals surface area contributed by atoms with Crippen molar-refractivity contribution in [2.45, 2.75) is 31.1 Å². The van der Waals surface area contributed by atoms with Crippen LogP contribution in [0, 0.1) is 5.92 Å². The van der Waals surface area contributed by atoms with Crippen LogP contribution in [-0.2, 0) is 6.18 Å². The minimum atomic E-state index is -4.61. The maximum absolute atomic E-state index is 12.8. The number of carbonyl (C=O) groups is 1. The lowest BCUT2D eigenvalue weighted by Gasteiger charge is -2.23. The number of aromatic nitrogens is 1. The van der Waals surface area contributed by atoms with Crippen molar-refractivity contribution in [3.8, 4) is 0 Å². The number of piperidine rings is 1. The summed E-state index contributed by atoms with van der Waals surface area (Å²) in [5, 5.41) is 5.56. The molecule has 2 heterocycles. The van der Waals surface area contributed by atoms with Crippen LogP contribution >= 0.6 is 11.6 Å². The summed E-state index contributed by atoms with van der Waals surface area (Å²) < 4.78 is 38.3. The normalized spacial score (nSPS) is 27.9. The molecule has 0 aromatic carbocycles. The predicted molar refractivity (Wildman–Crippen MR) is 70.0 cm³/mol. The summed E-state index contributed by atoms with van der Waals surface area (Å²) in [6, 6.07) is 1.09. The summed E-state index contributed by atoms with van der Waals surface area (Å²) in [4.78, 5) is 15.8. The number of amides is 1. The Morgan fingerprint density at radius 3 is 2.76 bits per heavy atom. The molecule has 1 aromatic heterocycles. The summed E-state index contributed by atoms with van der Waals surface area (Å²) in [6.45, 7) is 0.831. The first kappa shape index (κ1) is 14.6. The van der Waals surface area contributed by atoms with Crippen LogP contribution < -0.4 is 10.6 Å². The molecule has 2 bridgehead atoms. The van der Waals surface area contributed by atoms with Crippen LogP contribution in [-0.4, -0.2) is 29.5 Å². The SMILES string of the molecule is O=C(NC1CC2CC1CN2)c1cc(C(F)(F)F)c(Cl)cn1. The zero-order chi connectivity index (χ0) is 15.2. The second-order valence-corrected chi connectivity index (χ2v) is 5.87. The number of rotatable bonds is 2. The van der Waals surface area contributed by atoms with E-state index in [4.69, 9.17) is 11.6 Å². The lowest BCUT2D eigenvalue weighted by molar-refractivity contribution is -0.137. The van der Waals surface area contributed by atoms with Gasteiger partial charge in [-0.05, 0) is 24.8 Å². The fourth-order valence-electron chi connectivity index (χ4n) is 3.03. The van der Waals surface area contributed by atoms with Gasteiger partial charge in [0.2, 0.25) is 0 Å². The molecule has 21 heavy (non-hydrogen) atoms. The van der Waals surface area contributed by atoms with Crippen LogP contribution in [0.3, 0.4) is 0 Å². The largest absolute Gasteiger partial charge is 0.417 e. The van der Waals surface area contributed by atoms with Gasteiger partial charge in [0.15, 0.2) is 0 Å². The van der Waals surface area contributed by atoms with Crippen molar-refractivity contribution in [2.75, 3.05) is 6.54 Å². The molecule has 3 atom stereocenters. The van der Waals surface area contributed by atoms with Crippen molar-refractivity contribution in [1.29, 1.82) is 0 Å². The molecule has 8 heteroatoms. The highest BCUT2D eigenvalue weighted by molar-refractivity contribution is 6.31. The molecule has 2 N–H and O–H groups in total. The smallest absolute Gasteiger partial charge is 0.348 e. The van der Waals surface area contributed by atoms with E-state index >= 15 is 0 Å². The standard InChI is InChI=1S/C13H13ClF3N3O/c14-9-5-19-11(3-8(9)13(15,16)17)12(21)20-10-2-7-1-6(10)4-18-7/h3,5-7,10,18H,1-2,4H2,(H,20,21). The Kier molecular flexibility index (Phi) is 3.57. The molecule has 0 radical (unpaired) electrons. The van der Waals surface area contributed by atoms with Gasteiger partial charge in [-0.15, -0.1) is 0 Å². The fourth-order valence-corrected chi connectivity index (χ4v) is 3.24. The molecule has 1 aromatic rings. The third-order valence-corrected chi connectivity index (χ3v) is 4.37. The third kappa shape index (κ3) is 2.85. The first-order chi connectivity index (χ1) is 9.84. The molecule has 4 nitrogen and oxygen atoms in total. The third-order valence-electron chi connectivity index (χ3n) is 4.07. The van der Waals surface area contributed by atoms with Gasteiger partial charge in [-0.3, -0.25) is 4.79 Å². The predicted octanol–water partition coefficient (Wildman–Crippen LogP) is 2.23. The Balaban J connectivity index is 1.76. The van der Waals surface area contributed by atoms with E-state index in [1.807, 2.05) is 0 Å². The Labute approximate surface area is 124 Å². The van der Waals surface area contributed by atoms with Crippen LogP contribution in [0.15, 0.2) is 12.3 Å². The van der Waals surface area contributed by atoms with Crippen LogP contribution in [0.1, 0.15) is 28.9 Å². The number of hydrogen-bond donors (Lipinski definition) is 2. The first-order valence-corrected chi connectivity index (χ1v) is 6.99. The molecule has 1 saturated heterocycles. The van der Waals surface area contributed by atoms with Crippen LogP contribution in [0.5, 0.6) is 0 Å². The number of halogens is 4. The second kappa shape index (κ2) is 5.14. The summed E-state index contributed by atoms with van der Waals surface area (Å²) in [5.74, 6) is -0.247. The molecule has 1 amide bonds. The quantitative estimate of drug-likeness (QED) is 0.879. The average Bonchev–Trinajstić information content (AvgIpc) is 3.00. The van der Waals surface area contributed by atoms with Crippen molar-refractivity contribution in [3.63, 3.8) is 0 Å². The van der Waals surface area contributed by atoms with E-state index in [9.17, 15) is 18.0 Å². The topological polar surface area (TPSA) is 54.0 Å². The van der Waals surface area contributed by atoms with Gasteiger partial charge < -0.3 is 10.6 Å². The Morgan fingerprint density at radius 2 is 2.19 bits per heavy atom. The molecule has 114 valence electrons. The second-order valence-electron chi connectivity index (χ2n) is 5.46. The molecule has 3 unspecified atom stereocenters. The monoisotopic (exact) mass is 319 g/mol. The van der Waals surface area contributed by atoms with Crippen LogP contribution in [0.4, 0.5) is 13.2 Å². The van der Waals surface area contributed by atoms with Gasteiger partial charge in [-0.1, -0.05) is 11.6 Å². The summed E-state index contributed by atoms with van der Waals surface area (Å²) in [6.07, 6.45) is -1.95. The van der Waals surface area contributed by atoms with Crippen molar-refractivity contribution >= 4 is 17.5 Å². The molecule has 1 saturated carbocycles. The van der Waals surface area contributed by atoms with Crippen molar-refractivity contribution in [1.82, 2.24) is 15.6 Å². The van der Waals surface area contributed by atoms with Crippen LogP contribution in [0.25, 0.3) is 0 Å².